The standard InChI is InChI=1S/C15H17NO3/c1-16-9-13(17)12-8-14(18-2)10-6-4-5-7-11(10)15(12)19-3/h4-8,16H,9H2,1-3H3. The third kappa shape index (κ3) is 2.39. The number of rotatable bonds is 5. The largest absolute Gasteiger partial charge is 0.496 e. The van der Waals surface area contributed by atoms with Gasteiger partial charge in [0, 0.05) is 10.8 Å². The Balaban J connectivity index is 2.73. The van der Waals surface area contributed by atoms with E-state index in [0.717, 1.165) is 10.8 Å². The predicted octanol–water partition coefficient (Wildman–Crippen LogP) is 2.26. The van der Waals surface area contributed by atoms with Crippen molar-refractivity contribution in [3.8, 4) is 11.5 Å². The molecule has 2 aromatic rings. The van der Waals surface area contributed by atoms with Gasteiger partial charge in [0.2, 0.25) is 0 Å². The number of methoxy groups -OCH3 is 2. The zero-order valence-electron chi connectivity index (χ0n) is 11.3. The number of hydrogen-bond donors (Lipinski definition) is 1. The monoisotopic (exact) mass is 259 g/mol. The molecule has 0 bridgehead atoms. The zero-order valence-corrected chi connectivity index (χ0v) is 11.3. The minimum atomic E-state index is -0.0246. The van der Waals surface area contributed by atoms with Crippen LogP contribution in [0, 0.1) is 0 Å². The molecule has 0 radical (unpaired) electrons. The minimum absolute atomic E-state index is 0.0246. The number of carbonyl (C=O) groups excluding carboxylic acids is 1. The fourth-order valence-electron chi connectivity index (χ4n) is 2.17. The van der Waals surface area contributed by atoms with E-state index < -0.39 is 0 Å². The number of nitrogens with one attached hydrogen (secondary N) is 1. The molecule has 0 spiro atoms. The van der Waals surface area contributed by atoms with Gasteiger partial charge in [0.05, 0.1) is 26.3 Å². The van der Waals surface area contributed by atoms with Crippen LogP contribution in [0.4, 0.5) is 0 Å². The summed E-state index contributed by atoms with van der Waals surface area (Å²) >= 11 is 0. The number of ether oxygens (including phenoxy) is 2. The topological polar surface area (TPSA) is 47.6 Å². The van der Waals surface area contributed by atoms with Gasteiger partial charge >= 0.3 is 0 Å². The second-order valence-corrected chi connectivity index (χ2v) is 4.16. The van der Waals surface area contributed by atoms with Crippen molar-refractivity contribution in [2.75, 3.05) is 27.8 Å². The summed E-state index contributed by atoms with van der Waals surface area (Å²) in [5, 5.41) is 4.67. The Kier molecular flexibility index (Phi) is 4.02. The first-order valence-electron chi connectivity index (χ1n) is 6.04. The van der Waals surface area contributed by atoms with Gasteiger partial charge in [-0.1, -0.05) is 24.3 Å². The lowest BCUT2D eigenvalue weighted by Crippen LogP contribution is -2.19. The van der Waals surface area contributed by atoms with E-state index in [4.69, 9.17) is 9.47 Å². The average Bonchev–Trinajstić information content (AvgIpc) is 2.45. The van der Waals surface area contributed by atoms with Crippen molar-refractivity contribution in [1.29, 1.82) is 0 Å². The summed E-state index contributed by atoms with van der Waals surface area (Å²) in [6.45, 7) is 0.262. The fraction of sp³-hybridized carbons (Fsp3) is 0.267. The van der Waals surface area contributed by atoms with Crippen LogP contribution in [-0.2, 0) is 0 Å². The molecule has 0 saturated heterocycles. The van der Waals surface area contributed by atoms with E-state index in [0.29, 0.717) is 17.1 Å². The molecule has 0 aliphatic carbocycles. The molecule has 0 aromatic heterocycles. The van der Waals surface area contributed by atoms with Crippen LogP contribution in [0.1, 0.15) is 10.4 Å². The van der Waals surface area contributed by atoms with Gasteiger partial charge in [-0.05, 0) is 13.1 Å². The second kappa shape index (κ2) is 5.71. The van der Waals surface area contributed by atoms with Crippen molar-refractivity contribution in [1.82, 2.24) is 5.32 Å². The Morgan fingerprint density at radius 1 is 1.16 bits per heavy atom. The van der Waals surface area contributed by atoms with Crippen molar-refractivity contribution < 1.29 is 14.3 Å². The van der Waals surface area contributed by atoms with Crippen molar-refractivity contribution in [3.05, 3.63) is 35.9 Å². The van der Waals surface area contributed by atoms with Gasteiger partial charge in [0.25, 0.3) is 0 Å². The number of fused-ring (bicyclic) bond motifs is 1. The van der Waals surface area contributed by atoms with Crippen LogP contribution in [0.5, 0.6) is 11.5 Å². The van der Waals surface area contributed by atoms with Crippen LogP contribution in [0.3, 0.4) is 0 Å². The molecule has 19 heavy (non-hydrogen) atoms. The maximum absolute atomic E-state index is 12.1. The SMILES string of the molecule is CNCC(=O)c1cc(OC)c2ccccc2c1OC. The van der Waals surface area contributed by atoms with Gasteiger partial charge in [-0.3, -0.25) is 4.79 Å². The van der Waals surface area contributed by atoms with Crippen LogP contribution in [0.2, 0.25) is 0 Å². The van der Waals surface area contributed by atoms with Crippen LogP contribution < -0.4 is 14.8 Å². The van der Waals surface area contributed by atoms with Crippen LogP contribution in [-0.4, -0.2) is 33.6 Å². The maximum Gasteiger partial charge on any atom is 0.180 e. The van der Waals surface area contributed by atoms with E-state index in [1.54, 1.807) is 27.3 Å². The number of ketones is 1. The molecule has 4 nitrogen and oxygen atoms in total. The van der Waals surface area contributed by atoms with Crippen LogP contribution in [0.25, 0.3) is 10.8 Å². The molecule has 0 amide bonds. The Morgan fingerprint density at radius 3 is 2.42 bits per heavy atom. The normalized spacial score (nSPS) is 10.5. The van der Waals surface area contributed by atoms with Crippen molar-refractivity contribution in [3.63, 3.8) is 0 Å². The molecule has 2 rings (SSSR count). The van der Waals surface area contributed by atoms with E-state index in [-0.39, 0.29) is 12.3 Å². The number of Topliss-reactive ketones (excluding diaryl/α,β-unsaturated/α-hetero) is 1. The van der Waals surface area contributed by atoms with E-state index in [1.165, 1.54) is 0 Å². The number of carbonyl (C=O) groups is 1. The third-order valence-electron chi connectivity index (χ3n) is 3.02. The molecule has 0 saturated carbocycles. The summed E-state index contributed by atoms with van der Waals surface area (Å²) in [7, 11) is 4.91. The van der Waals surface area contributed by atoms with Gasteiger partial charge in [0.1, 0.15) is 11.5 Å². The molecular formula is C15H17NO3. The van der Waals surface area contributed by atoms with E-state index >= 15 is 0 Å². The highest BCUT2D eigenvalue weighted by atomic mass is 16.5. The number of hydrogen-bond acceptors (Lipinski definition) is 4. The van der Waals surface area contributed by atoms with Crippen LogP contribution in [0.15, 0.2) is 30.3 Å². The first-order chi connectivity index (χ1) is 9.22. The summed E-state index contributed by atoms with van der Waals surface area (Å²) in [4.78, 5) is 12.1. The van der Waals surface area contributed by atoms with E-state index in [1.807, 2.05) is 24.3 Å². The summed E-state index contributed by atoms with van der Waals surface area (Å²) in [6, 6.07) is 9.45. The van der Waals surface area contributed by atoms with Gasteiger partial charge in [-0.25, -0.2) is 0 Å². The molecule has 1 N–H and O–H groups in total. The van der Waals surface area contributed by atoms with Crippen molar-refractivity contribution in [2.24, 2.45) is 0 Å². The third-order valence-corrected chi connectivity index (χ3v) is 3.02. The molecule has 0 aliphatic rings. The van der Waals surface area contributed by atoms with Gasteiger partial charge in [-0.2, -0.15) is 0 Å². The van der Waals surface area contributed by atoms with Gasteiger partial charge in [0.15, 0.2) is 5.78 Å². The molecule has 0 unspecified atom stereocenters. The lowest BCUT2D eigenvalue weighted by Gasteiger charge is -2.14. The first-order valence-corrected chi connectivity index (χ1v) is 6.04. The Labute approximate surface area is 112 Å². The lowest BCUT2D eigenvalue weighted by molar-refractivity contribution is 0.0990. The summed E-state index contributed by atoms with van der Waals surface area (Å²) in [5.74, 6) is 1.25. The molecular weight excluding hydrogens is 242 g/mol. The Bertz CT molecular complexity index is 608. The molecule has 100 valence electrons. The molecule has 0 fully saturated rings. The molecule has 2 aromatic carbocycles. The Hall–Kier alpha value is -2.07. The zero-order chi connectivity index (χ0) is 13.8. The molecule has 4 heteroatoms. The molecule has 0 aliphatic heterocycles. The highest BCUT2D eigenvalue weighted by Gasteiger charge is 2.17. The summed E-state index contributed by atoms with van der Waals surface area (Å²) in [5.41, 5.74) is 0.535. The van der Waals surface area contributed by atoms with E-state index in [9.17, 15) is 4.79 Å². The van der Waals surface area contributed by atoms with Crippen molar-refractivity contribution >= 4 is 16.6 Å². The molecule has 0 heterocycles. The smallest absolute Gasteiger partial charge is 0.180 e. The van der Waals surface area contributed by atoms with Gasteiger partial charge < -0.3 is 14.8 Å². The van der Waals surface area contributed by atoms with Crippen LogP contribution >= 0.6 is 0 Å². The maximum atomic E-state index is 12.1. The highest BCUT2D eigenvalue weighted by molar-refractivity contribution is 6.07. The first kappa shape index (κ1) is 13.4. The van der Waals surface area contributed by atoms with E-state index in [2.05, 4.69) is 5.32 Å². The summed E-state index contributed by atoms with van der Waals surface area (Å²) in [6.07, 6.45) is 0. The van der Waals surface area contributed by atoms with Crippen molar-refractivity contribution in [2.45, 2.75) is 0 Å². The number of benzene rings is 2. The quantitative estimate of drug-likeness (QED) is 0.837. The highest BCUT2D eigenvalue weighted by Crippen LogP contribution is 2.36. The molecule has 0 atom stereocenters. The number of likely N-dealkylation sites (N-methyl/N-ethyl adjacent to an activating group) is 1. The van der Waals surface area contributed by atoms with Gasteiger partial charge in [-0.15, -0.1) is 0 Å². The fourth-order valence-corrected chi connectivity index (χ4v) is 2.17. The predicted molar refractivity (Wildman–Crippen MR) is 75.3 cm³/mol. The Morgan fingerprint density at radius 2 is 1.84 bits per heavy atom. The minimum Gasteiger partial charge on any atom is -0.496 e. The second-order valence-electron chi connectivity index (χ2n) is 4.16. The average molecular weight is 259 g/mol. The summed E-state index contributed by atoms with van der Waals surface area (Å²) < 4.78 is 10.8. The lowest BCUT2D eigenvalue weighted by atomic mass is 10.0.